The van der Waals surface area contributed by atoms with Gasteiger partial charge in [0.1, 0.15) is 11.4 Å². The molecule has 476 valence electrons. The van der Waals surface area contributed by atoms with Gasteiger partial charge in [0.2, 0.25) is 11.6 Å². The number of fused-ring (bicyclic) bond motifs is 6. The molecule has 5 aromatic carbocycles. The lowest BCUT2D eigenvalue weighted by Crippen LogP contribution is -2.28. The zero-order valence-electron chi connectivity index (χ0n) is 48.2. The van der Waals surface area contributed by atoms with E-state index in [4.69, 9.17) is 17.6 Å². The van der Waals surface area contributed by atoms with Crippen molar-refractivity contribution in [1.29, 1.82) is 0 Å². The van der Waals surface area contributed by atoms with Crippen LogP contribution in [0.15, 0.2) is 148 Å². The Kier molecular flexibility index (Phi) is 21.2. The zero-order valence-corrected chi connectivity index (χ0v) is 53.1. The van der Waals surface area contributed by atoms with Crippen LogP contribution in [0.4, 0.5) is 11.4 Å². The molecule has 0 radical (unpaired) electrons. The highest BCUT2D eigenvalue weighted by Gasteiger charge is 2.46. The molecule has 6 N–H and O–H groups in total. The second-order valence-electron chi connectivity index (χ2n) is 21.9. The van der Waals surface area contributed by atoms with Gasteiger partial charge in [0.25, 0.3) is 46.4 Å². The van der Waals surface area contributed by atoms with E-state index in [9.17, 15) is 74.4 Å². The van der Waals surface area contributed by atoms with Gasteiger partial charge in [-0.25, -0.2) is 8.42 Å². The molecule has 31 heteroatoms. The topological polar surface area (TPSA) is 403 Å². The molecular formula is C58H63N5O20S6. The molecule has 0 saturated carbocycles. The molecule has 0 saturated heterocycles. The van der Waals surface area contributed by atoms with Crippen LogP contribution < -0.4 is 15.5 Å². The van der Waals surface area contributed by atoms with Crippen LogP contribution in [0.1, 0.15) is 99.0 Å². The predicted molar refractivity (Wildman–Crippen MR) is 329 cm³/mol. The molecule has 0 aliphatic carbocycles. The van der Waals surface area contributed by atoms with Gasteiger partial charge in [-0.3, -0.25) is 32.8 Å². The molecule has 2 aliphatic heterocycles. The average molecular weight is 1340 g/mol. The van der Waals surface area contributed by atoms with Crippen molar-refractivity contribution in [1.82, 2.24) is 15.6 Å². The molecule has 89 heavy (non-hydrogen) atoms. The number of aromatic nitrogens is 1. The molecule has 2 amide bonds. The summed E-state index contributed by atoms with van der Waals surface area (Å²) in [5.41, 5.74) is 2.30. The van der Waals surface area contributed by atoms with Crippen molar-refractivity contribution in [2.24, 2.45) is 0 Å². The third-order valence-electron chi connectivity index (χ3n) is 15.0. The van der Waals surface area contributed by atoms with E-state index in [0.29, 0.717) is 95.1 Å². The summed E-state index contributed by atoms with van der Waals surface area (Å²) in [4.78, 5) is 30.3. The van der Waals surface area contributed by atoms with E-state index in [2.05, 4.69) is 10.6 Å². The van der Waals surface area contributed by atoms with E-state index in [0.717, 1.165) is 11.6 Å². The maximum Gasteiger partial charge on any atom is 0.425 e. The molecular weight excluding hydrogens is 1280 g/mol. The van der Waals surface area contributed by atoms with Crippen LogP contribution in [0, 0.1) is 0 Å². The molecule has 0 atom stereocenters. The third kappa shape index (κ3) is 17.3. The third-order valence-corrected chi connectivity index (χ3v) is 19.2. The highest BCUT2D eigenvalue weighted by molar-refractivity contribution is 7.87. The number of unbranched alkanes of at least 4 members (excludes halogenated alkanes) is 2. The first kappa shape index (κ1) is 69.1. The smallest absolute Gasteiger partial charge is 0.425 e. The van der Waals surface area contributed by atoms with Gasteiger partial charge in [-0.15, -0.1) is 12.6 Å². The van der Waals surface area contributed by atoms with Crippen LogP contribution in [0.25, 0.3) is 27.1 Å². The minimum absolute atomic E-state index is 0.00414. The fourth-order valence-electron chi connectivity index (χ4n) is 11.0. The van der Waals surface area contributed by atoms with Crippen LogP contribution in [0.3, 0.4) is 0 Å². The van der Waals surface area contributed by atoms with Crippen molar-refractivity contribution in [2.75, 3.05) is 36.0 Å². The number of carbonyl (C=O) groups excluding carboxylic acids is 2. The Hall–Kier alpha value is -7.43. The second kappa shape index (κ2) is 27.4. The maximum atomic E-state index is 13.5. The highest BCUT2D eigenvalue weighted by Crippen LogP contribution is 2.52. The highest BCUT2D eigenvalue weighted by atomic mass is 32.2. The molecule has 25 nitrogen and oxygen atoms in total. The molecule has 3 heterocycles. The van der Waals surface area contributed by atoms with Crippen LogP contribution >= 0.6 is 0 Å². The van der Waals surface area contributed by atoms with E-state index < -0.39 is 99.2 Å². The van der Waals surface area contributed by atoms with Crippen molar-refractivity contribution in [3.63, 3.8) is 0 Å². The van der Waals surface area contributed by atoms with E-state index >= 15 is 0 Å². The first-order chi connectivity index (χ1) is 41.4. The Balaban J connectivity index is 0.00000274. The number of rotatable bonds is 24. The molecule has 8 rings (SSSR count). The molecule has 0 fully saturated rings. The number of nitrogens with one attached hydrogen (secondary N) is 2. The second-order valence-corrected chi connectivity index (χ2v) is 29.6. The summed E-state index contributed by atoms with van der Waals surface area (Å²) in [5, 5.41) is 6.74. The van der Waals surface area contributed by atoms with Crippen LogP contribution in [-0.4, -0.2) is 136 Å². The molecule has 0 bridgehead atoms. The minimum atomic E-state index is -5.12. The van der Waals surface area contributed by atoms with E-state index in [1.165, 1.54) is 36.5 Å². The normalized spacial score (nSPS) is 15.5. The molecule has 0 unspecified atom stereocenters. The summed E-state index contributed by atoms with van der Waals surface area (Å²) in [5.74, 6) is -1.91. The first-order valence-electron chi connectivity index (χ1n) is 27.2. The van der Waals surface area contributed by atoms with Gasteiger partial charge in [-0.2, -0.15) is 38.2 Å². The molecule has 2 aliphatic rings. The number of benzene rings is 5. The van der Waals surface area contributed by atoms with Gasteiger partial charge in [0.05, 0.1) is 42.3 Å². The first-order valence-corrected chi connectivity index (χ1v) is 35.7. The molecule has 6 aromatic rings. The van der Waals surface area contributed by atoms with Crippen molar-refractivity contribution in [3.05, 3.63) is 161 Å². The summed E-state index contributed by atoms with van der Waals surface area (Å²) >= 11 is 0. The number of pyridine rings is 1. The van der Waals surface area contributed by atoms with Crippen molar-refractivity contribution in [3.8, 4) is 0 Å². The quantitative estimate of drug-likeness (QED) is 0.0160. The lowest BCUT2D eigenvalue weighted by molar-refractivity contribution is -0.437. The number of allylic oxidation sites excluding steroid dienone is 6. The van der Waals surface area contributed by atoms with Gasteiger partial charge in [0, 0.05) is 89.9 Å². The molecule has 1 aromatic heterocycles. The minimum Gasteiger partial charge on any atom is -0.748 e. The average Bonchev–Trinajstić information content (AvgIpc) is 1.65. The van der Waals surface area contributed by atoms with E-state index in [1.807, 2.05) is 44.2 Å². The predicted octanol–water partition coefficient (Wildman–Crippen LogP) is 6.64. The van der Waals surface area contributed by atoms with Crippen molar-refractivity contribution in [2.45, 2.75) is 98.3 Å². The Morgan fingerprint density at radius 1 is 0.685 bits per heavy atom. The molecule has 0 spiro atoms. The van der Waals surface area contributed by atoms with Gasteiger partial charge >= 0.3 is 10.6 Å². The Morgan fingerprint density at radius 2 is 1.35 bits per heavy atom. The summed E-state index contributed by atoms with van der Waals surface area (Å²) in [7, 11) is -27.1. The SMILES string of the molecule is CC1(C)C(/C=C/C(=C/C=C2/N(CCCS(=O)(=O)O)c3ccc4c(S(=O)(=O)O)cc(S(=O)(=O)O)cc4c3C2(C)C)c2ccc(C(=O)NCCCCCC(=O)NCc3ccccc3)cn2)=[N+](CCCS(=O)(=O)[O-])c2ccc3ccc(S(=O)(=O)O)cc3c21.O=S(=O)=O. The Bertz CT molecular complexity index is 4620. The number of carbonyl (C=O) groups is 2. The zero-order chi connectivity index (χ0) is 65.7. The standard InChI is InChI=1S/C58H63N5O17S5.O3S/c1-57(2)51(62(29-11-31-81(66,67)68)48-24-18-39-16-21-42(83(72,73)74)33-45(39)54(48)57)26-19-40(47-23-17-41(37-60-47)56(65)59-28-10-6-9-15-53(64)61-36-38-13-7-5-8-14-38)20-27-52-58(3,4)55-46-34-43(84(75,76)77)35-50(85(78,79)80)44(46)22-25-49(55)63(52)30-12-32-82(69,70)71;1-4(2)3/h5,7-8,13-14,16-27,33-35,37H,6,9-12,15,28-32,36H2,1-4H3,(H6-,59,61,64,65,66,67,68,69,70,71,72,73,74,75,76,77,78,79,80);. The van der Waals surface area contributed by atoms with Gasteiger partial charge < -0.3 is 20.1 Å². The largest absolute Gasteiger partial charge is 0.748 e. The van der Waals surface area contributed by atoms with Gasteiger partial charge in [-0.05, 0) is 121 Å². The van der Waals surface area contributed by atoms with Crippen LogP contribution in [-0.2, 0) is 83.4 Å². The number of hydrogen-bond acceptors (Lipinski definition) is 18. The number of anilines is 1. The summed E-state index contributed by atoms with van der Waals surface area (Å²) in [6.07, 6.45) is 9.96. The summed E-state index contributed by atoms with van der Waals surface area (Å²) < 4.78 is 203. The fourth-order valence-corrected chi connectivity index (χ4v) is 13.9. The number of hydrogen-bond donors (Lipinski definition) is 6. The fraction of sp³-hybridized carbons (Fsp3) is 0.310. The van der Waals surface area contributed by atoms with Crippen LogP contribution in [0.2, 0.25) is 0 Å². The number of nitrogens with zero attached hydrogens (tertiary/aromatic N) is 3. The number of amides is 2. The van der Waals surface area contributed by atoms with Crippen molar-refractivity contribution < 1.29 is 91.6 Å². The Labute approximate surface area is 516 Å². The lowest BCUT2D eigenvalue weighted by Gasteiger charge is -2.27. The maximum absolute atomic E-state index is 13.5. The summed E-state index contributed by atoms with van der Waals surface area (Å²) in [6, 6.07) is 24.8. The summed E-state index contributed by atoms with van der Waals surface area (Å²) in [6.45, 7) is 7.77. The monoisotopic (exact) mass is 1340 g/mol. The van der Waals surface area contributed by atoms with Gasteiger partial charge in [0.15, 0.2) is 5.71 Å². The Morgan fingerprint density at radius 3 is 1.97 bits per heavy atom. The van der Waals surface area contributed by atoms with Gasteiger partial charge in [-0.1, -0.05) is 68.8 Å². The van der Waals surface area contributed by atoms with E-state index in [1.54, 1.807) is 71.9 Å². The lowest BCUT2D eigenvalue weighted by atomic mass is 9.79. The van der Waals surface area contributed by atoms with Crippen LogP contribution in [0.5, 0.6) is 0 Å². The van der Waals surface area contributed by atoms with E-state index in [-0.39, 0.29) is 58.8 Å². The van der Waals surface area contributed by atoms with Crippen molar-refractivity contribution >= 4 is 117 Å².